The Morgan fingerprint density at radius 2 is 2.05 bits per heavy atom. The molecule has 0 radical (unpaired) electrons. The van der Waals surface area contributed by atoms with Crippen molar-refractivity contribution in [3.63, 3.8) is 0 Å². The van der Waals surface area contributed by atoms with E-state index in [2.05, 4.69) is 17.6 Å². The Bertz CT molecular complexity index is 584. The minimum atomic E-state index is -0.182. The molecule has 2 fully saturated rings. The molecule has 1 atom stereocenters. The van der Waals surface area contributed by atoms with Crippen LogP contribution in [0.25, 0.3) is 0 Å². The van der Waals surface area contributed by atoms with Crippen molar-refractivity contribution >= 4 is 29.1 Å². The summed E-state index contributed by atoms with van der Waals surface area (Å²) in [5.41, 5.74) is 1.07. The maximum absolute atomic E-state index is 12.5. The summed E-state index contributed by atoms with van der Waals surface area (Å²) in [5.74, 6) is 0.194. The highest BCUT2D eigenvalue weighted by molar-refractivity contribution is 6.35. The predicted octanol–water partition coefficient (Wildman–Crippen LogP) is 3.43. The fraction of sp³-hybridized carbons (Fsp3) is 0.588. The van der Waals surface area contributed by atoms with Gasteiger partial charge < -0.3 is 10.6 Å². The quantitative estimate of drug-likeness (QED) is 0.881. The van der Waals surface area contributed by atoms with Crippen molar-refractivity contribution in [1.82, 2.24) is 10.6 Å². The maximum Gasteiger partial charge on any atom is 0.226 e. The Morgan fingerprint density at radius 3 is 2.73 bits per heavy atom. The van der Waals surface area contributed by atoms with Gasteiger partial charge in [-0.15, -0.1) is 0 Å². The van der Waals surface area contributed by atoms with Gasteiger partial charge in [0.2, 0.25) is 5.91 Å². The molecule has 1 spiro atoms. The van der Waals surface area contributed by atoms with Crippen molar-refractivity contribution in [2.75, 3.05) is 19.6 Å². The zero-order valence-electron chi connectivity index (χ0n) is 12.8. The molecular formula is C17H22Cl2N2O. The summed E-state index contributed by atoms with van der Waals surface area (Å²) in [6, 6.07) is 5.49. The lowest BCUT2D eigenvalue weighted by atomic mass is 9.85. The zero-order chi connectivity index (χ0) is 15.8. The molecule has 5 heteroatoms. The lowest BCUT2D eigenvalue weighted by Crippen LogP contribution is -2.39. The first-order valence-corrected chi connectivity index (χ1v) is 8.65. The molecule has 1 amide bonds. The summed E-state index contributed by atoms with van der Waals surface area (Å²) in [6.45, 7) is 4.79. The van der Waals surface area contributed by atoms with E-state index in [1.165, 1.54) is 0 Å². The summed E-state index contributed by atoms with van der Waals surface area (Å²) in [4.78, 5) is 12.5. The van der Waals surface area contributed by atoms with Crippen LogP contribution in [0.15, 0.2) is 18.2 Å². The lowest BCUT2D eigenvalue weighted by molar-refractivity contribution is -0.127. The van der Waals surface area contributed by atoms with E-state index in [-0.39, 0.29) is 16.7 Å². The van der Waals surface area contributed by atoms with E-state index in [9.17, 15) is 4.79 Å². The average molecular weight is 341 g/mol. The second kappa shape index (κ2) is 6.03. The molecule has 1 saturated carbocycles. The van der Waals surface area contributed by atoms with Crippen LogP contribution in [-0.2, 0) is 11.2 Å². The number of nitrogens with one attached hydrogen (secondary N) is 2. The van der Waals surface area contributed by atoms with Crippen LogP contribution in [0, 0.1) is 10.8 Å². The molecule has 1 heterocycles. The molecule has 1 aliphatic carbocycles. The molecule has 3 rings (SSSR count). The van der Waals surface area contributed by atoms with Crippen molar-refractivity contribution in [3.8, 4) is 0 Å². The minimum absolute atomic E-state index is 0.182. The predicted molar refractivity (Wildman–Crippen MR) is 90.4 cm³/mol. The molecule has 2 aliphatic rings. The van der Waals surface area contributed by atoms with E-state index in [1.807, 2.05) is 12.1 Å². The molecule has 1 unspecified atom stereocenters. The van der Waals surface area contributed by atoms with Crippen LogP contribution in [0.5, 0.6) is 0 Å². The summed E-state index contributed by atoms with van der Waals surface area (Å²) < 4.78 is 0. The van der Waals surface area contributed by atoms with Crippen LogP contribution in [0.4, 0.5) is 0 Å². The van der Waals surface area contributed by atoms with Gasteiger partial charge in [-0.1, -0.05) is 36.2 Å². The van der Waals surface area contributed by atoms with E-state index in [0.717, 1.165) is 44.3 Å². The third-order valence-electron chi connectivity index (χ3n) is 5.49. The number of benzene rings is 1. The van der Waals surface area contributed by atoms with Crippen molar-refractivity contribution in [3.05, 3.63) is 33.8 Å². The topological polar surface area (TPSA) is 41.1 Å². The number of rotatable bonds is 4. The normalized spacial score (nSPS) is 26.0. The first-order valence-electron chi connectivity index (χ1n) is 7.90. The molecule has 22 heavy (non-hydrogen) atoms. The third kappa shape index (κ3) is 2.86. The first-order chi connectivity index (χ1) is 10.5. The largest absolute Gasteiger partial charge is 0.355 e. The van der Waals surface area contributed by atoms with Crippen LogP contribution in [0.2, 0.25) is 10.0 Å². The van der Waals surface area contributed by atoms with Crippen LogP contribution in [0.3, 0.4) is 0 Å². The van der Waals surface area contributed by atoms with E-state index < -0.39 is 0 Å². The number of piperidine rings is 1. The first kappa shape index (κ1) is 16.1. The summed E-state index contributed by atoms with van der Waals surface area (Å²) >= 11 is 12.1. The van der Waals surface area contributed by atoms with Gasteiger partial charge in [0.15, 0.2) is 0 Å². The van der Waals surface area contributed by atoms with Gasteiger partial charge in [-0.05, 0) is 61.9 Å². The summed E-state index contributed by atoms with van der Waals surface area (Å²) in [5, 5.41) is 7.77. The van der Waals surface area contributed by atoms with Gasteiger partial charge in [-0.3, -0.25) is 4.79 Å². The smallest absolute Gasteiger partial charge is 0.226 e. The second-order valence-electron chi connectivity index (χ2n) is 6.78. The van der Waals surface area contributed by atoms with E-state index in [1.54, 1.807) is 6.07 Å². The fourth-order valence-corrected chi connectivity index (χ4v) is 4.32. The third-order valence-corrected chi connectivity index (χ3v) is 6.08. The average Bonchev–Trinajstić information content (AvgIpc) is 3.06. The number of carbonyl (C=O) groups is 1. The van der Waals surface area contributed by atoms with E-state index >= 15 is 0 Å². The number of halogens is 2. The summed E-state index contributed by atoms with van der Waals surface area (Å²) in [6.07, 6.45) is 3.97. The molecule has 0 aromatic heterocycles. The van der Waals surface area contributed by atoms with Gasteiger partial charge in [-0.25, -0.2) is 0 Å². The molecule has 1 aromatic carbocycles. The van der Waals surface area contributed by atoms with E-state index in [4.69, 9.17) is 23.2 Å². The Kier molecular flexibility index (Phi) is 4.41. The van der Waals surface area contributed by atoms with Crippen LogP contribution in [-0.4, -0.2) is 25.5 Å². The van der Waals surface area contributed by atoms with Crippen molar-refractivity contribution < 1.29 is 4.79 Å². The highest BCUT2D eigenvalue weighted by atomic mass is 35.5. The number of hydrogen-bond donors (Lipinski definition) is 2. The second-order valence-corrected chi connectivity index (χ2v) is 7.62. The van der Waals surface area contributed by atoms with Crippen LogP contribution in [0.1, 0.15) is 31.7 Å². The highest BCUT2D eigenvalue weighted by Crippen LogP contribution is 2.68. The van der Waals surface area contributed by atoms with Gasteiger partial charge in [0.25, 0.3) is 0 Å². The van der Waals surface area contributed by atoms with Crippen molar-refractivity contribution in [2.45, 2.75) is 32.6 Å². The van der Waals surface area contributed by atoms with E-state index in [0.29, 0.717) is 16.6 Å². The maximum atomic E-state index is 12.5. The highest BCUT2D eigenvalue weighted by Gasteiger charge is 2.67. The molecule has 2 N–H and O–H groups in total. The van der Waals surface area contributed by atoms with Gasteiger partial charge in [-0.2, -0.15) is 0 Å². The molecule has 1 aliphatic heterocycles. The summed E-state index contributed by atoms with van der Waals surface area (Å²) in [7, 11) is 0. The number of carbonyl (C=O) groups excluding carboxylic acids is 1. The Hall–Kier alpha value is -0.770. The molecule has 3 nitrogen and oxygen atoms in total. The lowest BCUT2D eigenvalue weighted by Gasteiger charge is -2.27. The molecule has 1 aromatic rings. The SMILES string of the molecule is CC1(C(=O)NCCc2ccc(Cl)cc2Cl)CC12CCNCC2. The van der Waals surface area contributed by atoms with Gasteiger partial charge in [0, 0.05) is 16.6 Å². The number of hydrogen-bond acceptors (Lipinski definition) is 2. The van der Waals surface area contributed by atoms with Crippen molar-refractivity contribution in [2.24, 2.45) is 10.8 Å². The minimum Gasteiger partial charge on any atom is -0.355 e. The molecule has 1 saturated heterocycles. The molecular weight excluding hydrogens is 319 g/mol. The fourth-order valence-electron chi connectivity index (χ4n) is 3.82. The Morgan fingerprint density at radius 1 is 1.32 bits per heavy atom. The van der Waals surface area contributed by atoms with Gasteiger partial charge in [0.1, 0.15) is 0 Å². The zero-order valence-corrected chi connectivity index (χ0v) is 14.4. The Balaban J connectivity index is 1.53. The monoisotopic (exact) mass is 340 g/mol. The van der Waals surface area contributed by atoms with Crippen LogP contribution >= 0.6 is 23.2 Å². The molecule has 120 valence electrons. The Labute approximate surface area is 141 Å². The van der Waals surface area contributed by atoms with Crippen molar-refractivity contribution in [1.29, 1.82) is 0 Å². The standard InChI is InChI=1S/C17H22Cl2N2O/c1-16(11-17(16)5-8-20-9-6-17)15(22)21-7-4-12-2-3-13(18)10-14(12)19/h2-3,10,20H,4-9,11H2,1H3,(H,21,22). The van der Waals surface area contributed by atoms with Gasteiger partial charge in [0.05, 0.1) is 5.41 Å². The van der Waals surface area contributed by atoms with Crippen LogP contribution < -0.4 is 10.6 Å². The number of amides is 1. The van der Waals surface area contributed by atoms with Gasteiger partial charge >= 0.3 is 0 Å². The molecule has 0 bridgehead atoms.